The van der Waals surface area contributed by atoms with Crippen LogP contribution in [0.15, 0.2) is 0 Å². The molecular formula is C4H8BrN. The molecule has 1 unspecified atom stereocenters. The van der Waals surface area contributed by atoms with E-state index in [1.54, 1.807) is 6.92 Å². The zero-order chi connectivity index (χ0) is 4.28. The fourth-order valence-corrected chi connectivity index (χ4v) is 0. The highest BCUT2D eigenvalue weighted by atomic mass is 79.9. The Labute approximate surface area is 48.7 Å². The summed E-state index contributed by atoms with van der Waals surface area (Å²) in [4.78, 5) is 0. The predicted octanol–water partition coefficient (Wildman–Crippen LogP) is 0.545. The predicted molar refractivity (Wildman–Crippen MR) is 32.8 cm³/mol. The van der Waals surface area contributed by atoms with Crippen LogP contribution in [0.4, 0.5) is 0 Å². The molecule has 36 valence electrons. The Hall–Kier alpha value is 0.00000000000000000694. The van der Waals surface area contributed by atoms with Gasteiger partial charge >= 0.3 is 0 Å². The monoisotopic (exact) mass is 149 g/mol. The number of terminal acetylenes is 1. The minimum absolute atomic E-state index is 0. The molecule has 2 heteroatoms. The molecule has 0 aromatic rings. The zero-order valence-electron chi connectivity index (χ0n) is 3.64. The van der Waals surface area contributed by atoms with Gasteiger partial charge in [0, 0.05) is 0 Å². The first kappa shape index (κ1) is 9.38. The second kappa shape index (κ2) is 5.00. The van der Waals surface area contributed by atoms with Gasteiger partial charge in [0.25, 0.3) is 0 Å². The quantitative estimate of drug-likeness (QED) is 0.501. The van der Waals surface area contributed by atoms with Gasteiger partial charge in [0.2, 0.25) is 0 Å². The van der Waals surface area contributed by atoms with E-state index in [9.17, 15) is 0 Å². The Morgan fingerprint density at radius 3 is 2.00 bits per heavy atom. The lowest BCUT2D eigenvalue weighted by atomic mass is 10.4. The molecule has 0 rings (SSSR count). The maximum atomic E-state index is 5.06. The minimum atomic E-state index is -0.0880. The highest BCUT2D eigenvalue weighted by Crippen LogP contribution is 1.59. The molecule has 0 saturated carbocycles. The van der Waals surface area contributed by atoms with E-state index in [-0.39, 0.29) is 23.0 Å². The normalized spacial score (nSPS) is 10.8. The van der Waals surface area contributed by atoms with E-state index in [4.69, 9.17) is 12.2 Å². The van der Waals surface area contributed by atoms with Crippen LogP contribution in [-0.2, 0) is 0 Å². The zero-order valence-corrected chi connectivity index (χ0v) is 5.35. The fraction of sp³-hybridized carbons (Fsp3) is 0.500. The van der Waals surface area contributed by atoms with Crippen LogP contribution >= 0.6 is 17.0 Å². The molecule has 0 aromatic carbocycles. The van der Waals surface area contributed by atoms with Crippen LogP contribution in [0, 0.1) is 12.3 Å². The molecule has 0 aliphatic heterocycles. The summed E-state index contributed by atoms with van der Waals surface area (Å²) in [5.41, 5.74) is 5.06. The Balaban J connectivity index is 0. The summed E-state index contributed by atoms with van der Waals surface area (Å²) in [5.74, 6) is 2.31. The fourth-order valence-electron chi connectivity index (χ4n) is 0. The smallest absolute Gasteiger partial charge is 0.0633 e. The molecule has 6 heavy (non-hydrogen) atoms. The summed E-state index contributed by atoms with van der Waals surface area (Å²) in [6, 6.07) is -0.0880. The van der Waals surface area contributed by atoms with Crippen molar-refractivity contribution in [1.29, 1.82) is 0 Å². The summed E-state index contributed by atoms with van der Waals surface area (Å²) >= 11 is 0. The maximum absolute atomic E-state index is 5.06. The van der Waals surface area contributed by atoms with Crippen molar-refractivity contribution in [2.45, 2.75) is 13.0 Å². The van der Waals surface area contributed by atoms with E-state index in [0.717, 1.165) is 0 Å². The molecule has 1 atom stereocenters. The van der Waals surface area contributed by atoms with Crippen LogP contribution in [0.25, 0.3) is 0 Å². The topological polar surface area (TPSA) is 26.0 Å². The number of hydrogen-bond donors (Lipinski definition) is 1. The van der Waals surface area contributed by atoms with E-state index in [1.165, 1.54) is 0 Å². The molecule has 0 spiro atoms. The first-order chi connectivity index (χ1) is 2.27. The van der Waals surface area contributed by atoms with Crippen molar-refractivity contribution >= 4 is 17.0 Å². The SMILES string of the molecule is Br.C#CC(C)N. The van der Waals surface area contributed by atoms with Crippen LogP contribution in [0.5, 0.6) is 0 Å². The van der Waals surface area contributed by atoms with Gasteiger partial charge in [-0.1, -0.05) is 5.92 Å². The molecule has 0 amide bonds. The molecule has 1 nitrogen and oxygen atoms in total. The lowest BCUT2D eigenvalue weighted by molar-refractivity contribution is 0.961. The summed E-state index contributed by atoms with van der Waals surface area (Å²) in [7, 11) is 0. The van der Waals surface area contributed by atoms with Crippen molar-refractivity contribution in [3.8, 4) is 12.3 Å². The molecule has 0 bridgehead atoms. The molecule has 0 fully saturated rings. The first-order valence-electron chi connectivity index (χ1n) is 1.49. The third-order valence-electron chi connectivity index (χ3n) is 0.263. The van der Waals surface area contributed by atoms with Gasteiger partial charge in [0.1, 0.15) is 0 Å². The van der Waals surface area contributed by atoms with Gasteiger partial charge in [-0.3, -0.25) is 0 Å². The number of halogens is 1. The van der Waals surface area contributed by atoms with Gasteiger partial charge in [-0.15, -0.1) is 23.4 Å². The first-order valence-corrected chi connectivity index (χ1v) is 1.49. The van der Waals surface area contributed by atoms with Crippen molar-refractivity contribution in [3.63, 3.8) is 0 Å². The Bertz CT molecular complexity index is 53.1. The van der Waals surface area contributed by atoms with Gasteiger partial charge in [-0.2, -0.15) is 0 Å². The molecule has 0 radical (unpaired) electrons. The Morgan fingerprint density at radius 2 is 2.00 bits per heavy atom. The molecule has 0 aliphatic carbocycles. The van der Waals surface area contributed by atoms with Crippen LogP contribution in [0.2, 0.25) is 0 Å². The van der Waals surface area contributed by atoms with Crippen LogP contribution < -0.4 is 5.73 Å². The second-order valence-corrected chi connectivity index (χ2v) is 0.955. The lowest BCUT2D eigenvalue weighted by Crippen LogP contribution is -2.10. The molecule has 2 N–H and O–H groups in total. The molecule has 0 saturated heterocycles. The van der Waals surface area contributed by atoms with Crippen molar-refractivity contribution in [2.75, 3.05) is 0 Å². The third-order valence-corrected chi connectivity index (χ3v) is 0.263. The van der Waals surface area contributed by atoms with Crippen LogP contribution in [0.3, 0.4) is 0 Å². The number of nitrogens with two attached hydrogens (primary N) is 1. The third kappa shape index (κ3) is 9.00. The van der Waals surface area contributed by atoms with Gasteiger partial charge < -0.3 is 5.73 Å². The average molecular weight is 150 g/mol. The average Bonchev–Trinajstić information content (AvgIpc) is 1.38. The van der Waals surface area contributed by atoms with Gasteiger partial charge in [0.15, 0.2) is 0 Å². The molecule has 0 aliphatic rings. The Kier molecular flexibility index (Phi) is 7.81. The van der Waals surface area contributed by atoms with Gasteiger partial charge in [0.05, 0.1) is 6.04 Å². The standard InChI is InChI=1S/C4H7N.BrH/c1-3-4(2)5;/h1,4H,5H2,2H3;1H. The van der Waals surface area contributed by atoms with Crippen LogP contribution in [-0.4, -0.2) is 6.04 Å². The molecule has 0 aromatic heterocycles. The second-order valence-electron chi connectivity index (χ2n) is 0.955. The van der Waals surface area contributed by atoms with Crippen molar-refractivity contribution in [1.82, 2.24) is 0 Å². The Morgan fingerprint density at radius 1 is 1.83 bits per heavy atom. The molecular weight excluding hydrogens is 142 g/mol. The largest absolute Gasteiger partial charge is 0.318 e. The van der Waals surface area contributed by atoms with E-state index < -0.39 is 0 Å². The maximum Gasteiger partial charge on any atom is 0.0633 e. The van der Waals surface area contributed by atoms with E-state index in [1.807, 2.05) is 0 Å². The van der Waals surface area contributed by atoms with Crippen LogP contribution in [0.1, 0.15) is 6.92 Å². The van der Waals surface area contributed by atoms with Crippen molar-refractivity contribution < 1.29 is 0 Å². The number of rotatable bonds is 0. The van der Waals surface area contributed by atoms with Gasteiger partial charge in [-0.05, 0) is 6.92 Å². The van der Waals surface area contributed by atoms with E-state index in [2.05, 4.69) is 5.92 Å². The molecule has 0 heterocycles. The summed E-state index contributed by atoms with van der Waals surface area (Å²) in [6.45, 7) is 1.76. The highest BCUT2D eigenvalue weighted by Gasteiger charge is 1.73. The van der Waals surface area contributed by atoms with Crippen molar-refractivity contribution in [3.05, 3.63) is 0 Å². The van der Waals surface area contributed by atoms with Gasteiger partial charge in [-0.25, -0.2) is 0 Å². The summed E-state index contributed by atoms with van der Waals surface area (Å²) < 4.78 is 0. The lowest BCUT2D eigenvalue weighted by Gasteiger charge is -1.82. The summed E-state index contributed by atoms with van der Waals surface area (Å²) in [5, 5.41) is 0. The minimum Gasteiger partial charge on any atom is -0.318 e. The van der Waals surface area contributed by atoms with Crippen molar-refractivity contribution in [2.24, 2.45) is 5.73 Å². The van der Waals surface area contributed by atoms with E-state index >= 15 is 0 Å². The van der Waals surface area contributed by atoms with E-state index in [0.29, 0.717) is 0 Å². The highest BCUT2D eigenvalue weighted by molar-refractivity contribution is 8.93. The summed E-state index contributed by atoms with van der Waals surface area (Å²) in [6.07, 6.45) is 4.80. The number of hydrogen-bond acceptors (Lipinski definition) is 1.